The van der Waals surface area contributed by atoms with Gasteiger partial charge in [-0.25, -0.2) is 0 Å². The van der Waals surface area contributed by atoms with Gasteiger partial charge in [0.05, 0.1) is 5.97 Å². The number of carbonyl (C=O) groups excluding carboxylic acids is 2. The molecule has 1 unspecified atom stereocenters. The van der Waals surface area contributed by atoms with Crippen LogP contribution >= 0.6 is 0 Å². The predicted octanol–water partition coefficient (Wildman–Crippen LogP) is -7.43. The molecule has 0 bridgehead atoms. The smallest absolute Gasteiger partial charge is 0.550 e. The van der Waals surface area contributed by atoms with Crippen molar-refractivity contribution in [3.8, 4) is 0 Å². The molecule has 0 fully saturated rings. The van der Waals surface area contributed by atoms with Gasteiger partial charge in [-0.05, 0) is 6.42 Å². The summed E-state index contributed by atoms with van der Waals surface area (Å²) in [5.41, 5.74) is 0. The average Bonchev–Trinajstić information content (AvgIpc) is 2.34. The maximum Gasteiger partial charge on any atom is 1.00 e. The van der Waals surface area contributed by atoms with E-state index < -0.39 is 39.7 Å². The van der Waals surface area contributed by atoms with Crippen molar-refractivity contribution in [2.75, 3.05) is 0 Å². The van der Waals surface area contributed by atoms with Crippen LogP contribution in [-0.4, -0.2) is 41.2 Å². The minimum Gasteiger partial charge on any atom is -0.550 e. The Morgan fingerprint density at radius 1 is 1.00 bits per heavy atom. The van der Waals surface area contributed by atoms with Gasteiger partial charge in [0, 0.05) is 18.8 Å². The quantitative estimate of drug-likeness (QED) is 0.210. The third-order valence-corrected chi connectivity index (χ3v) is 3.55. The molecule has 0 radical (unpaired) electrons. The van der Waals surface area contributed by atoms with Gasteiger partial charge in [0.2, 0.25) is 0 Å². The number of carbonyl (C=O) groups is 3. The molecule has 24 heavy (non-hydrogen) atoms. The Morgan fingerprint density at radius 2 is 1.46 bits per heavy atom. The maximum absolute atomic E-state index is 10.2. The third kappa shape index (κ3) is 22.3. The molecule has 9 nitrogen and oxygen atoms in total. The van der Waals surface area contributed by atoms with Gasteiger partial charge in [-0.2, -0.15) is 8.42 Å². The van der Waals surface area contributed by atoms with Crippen molar-refractivity contribution in [2.24, 2.45) is 0 Å². The molecular formula is C12H20Na2O9S. The van der Waals surface area contributed by atoms with Crippen LogP contribution < -0.4 is 69.3 Å². The molecule has 0 saturated heterocycles. The van der Waals surface area contributed by atoms with Gasteiger partial charge >= 0.3 is 65.1 Å². The summed E-state index contributed by atoms with van der Waals surface area (Å²) in [4.78, 5) is 29.8. The van der Waals surface area contributed by atoms with Crippen molar-refractivity contribution in [1.29, 1.82) is 0 Å². The van der Waals surface area contributed by atoms with Gasteiger partial charge < -0.3 is 24.9 Å². The van der Waals surface area contributed by atoms with Crippen LogP contribution in [0.2, 0.25) is 0 Å². The van der Waals surface area contributed by atoms with Crippen LogP contribution in [0.4, 0.5) is 0 Å². The normalized spacial score (nSPS) is 10.9. The molecule has 0 aliphatic carbocycles. The molecule has 0 aromatic carbocycles. The molecule has 0 aromatic heterocycles. The van der Waals surface area contributed by atoms with Crippen LogP contribution in [0.5, 0.6) is 0 Å². The molecule has 0 aliphatic rings. The summed E-state index contributed by atoms with van der Waals surface area (Å²) < 4.78 is 28.5. The Hall–Kier alpha value is 0.320. The van der Waals surface area contributed by atoms with Crippen LogP contribution in [0.1, 0.15) is 51.9 Å². The van der Waals surface area contributed by atoms with E-state index in [4.69, 9.17) is 9.66 Å². The summed E-state index contributed by atoms with van der Waals surface area (Å²) >= 11 is 0. The Labute approximate surface area is 185 Å². The number of rotatable bonds is 10. The van der Waals surface area contributed by atoms with Gasteiger partial charge in [0.25, 0.3) is 10.1 Å². The summed E-state index contributed by atoms with van der Waals surface area (Å²) in [6.07, 6.45) is 4.55. The average molecular weight is 386 g/mol. The van der Waals surface area contributed by atoms with Gasteiger partial charge in [-0.1, -0.05) is 32.6 Å². The standard InChI is InChI=1S/C8H16O2.C4H6O7S.2Na/c1-2-3-4-5-6-7-8(9)10;5-3(6)1-2(4(7)8)12(9,10)11;;/h2-7H2,1H3,(H,9,10);2H,1H2,(H,5,6)(H,7,8)(H,9,10,11);;/q;;2*+1/p-2. The zero-order chi connectivity index (χ0) is 17.8. The number of carboxylic acids is 3. The molecule has 0 amide bonds. The molecule has 2 N–H and O–H groups in total. The minimum atomic E-state index is -4.94. The second-order valence-corrected chi connectivity index (χ2v) is 6.06. The Bertz CT molecular complexity index is 465. The molecule has 0 heterocycles. The van der Waals surface area contributed by atoms with E-state index in [1.54, 1.807) is 0 Å². The van der Waals surface area contributed by atoms with Crippen molar-refractivity contribution in [3.05, 3.63) is 0 Å². The van der Waals surface area contributed by atoms with Crippen molar-refractivity contribution >= 4 is 28.0 Å². The molecule has 1 atom stereocenters. The largest absolute Gasteiger partial charge is 1.00 e. The fourth-order valence-corrected chi connectivity index (χ4v) is 1.93. The van der Waals surface area contributed by atoms with Crippen molar-refractivity contribution in [3.63, 3.8) is 0 Å². The molecule has 0 aromatic rings. The number of hydrogen-bond acceptors (Lipinski definition) is 7. The zero-order valence-electron chi connectivity index (χ0n) is 14.2. The van der Waals surface area contributed by atoms with Gasteiger partial charge in [-0.3, -0.25) is 9.35 Å². The van der Waals surface area contributed by atoms with E-state index in [1.165, 1.54) is 19.3 Å². The van der Waals surface area contributed by atoms with Crippen LogP contribution in [0, 0.1) is 0 Å². The number of hydrogen-bond donors (Lipinski definition) is 2. The van der Waals surface area contributed by atoms with E-state index in [0.717, 1.165) is 12.8 Å². The molecule has 0 spiro atoms. The summed E-state index contributed by atoms with van der Waals surface area (Å²) in [6.45, 7) is 2.15. The van der Waals surface area contributed by atoms with Crippen molar-refractivity contribution in [2.45, 2.75) is 57.1 Å². The second kappa shape index (κ2) is 18.1. The Kier molecular flexibility index (Phi) is 24.2. The van der Waals surface area contributed by atoms with Gasteiger partial charge in [0.1, 0.15) is 5.25 Å². The summed E-state index contributed by atoms with van der Waals surface area (Å²) in [5.74, 6) is -4.75. The SMILES string of the molecule is CCCCCCCC(=O)O.O=C([O-])CC(C(=O)[O-])S(=O)(=O)O.[Na+].[Na+]. The minimum absolute atomic E-state index is 0. The van der Waals surface area contributed by atoms with E-state index in [9.17, 15) is 33.0 Å². The number of unbranched alkanes of at least 4 members (excludes halogenated alkanes) is 4. The fraction of sp³-hybridized carbons (Fsp3) is 0.750. The second-order valence-electron chi connectivity index (χ2n) is 4.46. The molecule has 0 saturated carbocycles. The molecule has 0 aliphatic heterocycles. The monoisotopic (exact) mass is 386 g/mol. The fourth-order valence-electron chi connectivity index (χ4n) is 1.34. The number of carboxylic acid groups (broad SMARTS) is 3. The summed E-state index contributed by atoms with van der Waals surface area (Å²) in [6, 6.07) is 0. The van der Waals surface area contributed by atoms with E-state index in [0.29, 0.717) is 6.42 Å². The van der Waals surface area contributed by atoms with Crippen molar-refractivity contribution < 1.29 is 102 Å². The molecular weight excluding hydrogens is 366 g/mol. The third-order valence-electron chi connectivity index (χ3n) is 2.47. The van der Waals surface area contributed by atoms with E-state index in [1.807, 2.05) is 0 Å². The van der Waals surface area contributed by atoms with Gasteiger partial charge in [-0.15, -0.1) is 0 Å². The Morgan fingerprint density at radius 3 is 1.71 bits per heavy atom. The van der Waals surface area contributed by atoms with Crippen LogP contribution in [0.25, 0.3) is 0 Å². The first-order valence-electron chi connectivity index (χ1n) is 6.61. The van der Waals surface area contributed by atoms with Crippen LogP contribution in [-0.2, 0) is 24.5 Å². The zero-order valence-corrected chi connectivity index (χ0v) is 19.0. The van der Waals surface area contributed by atoms with Crippen LogP contribution in [0.15, 0.2) is 0 Å². The first-order valence-corrected chi connectivity index (χ1v) is 8.11. The number of aliphatic carboxylic acids is 3. The topological polar surface area (TPSA) is 172 Å². The summed E-state index contributed by atoms with van der Waals surface area (Å²) in [5, 5.41) is 25.5. The van der Waals surface area contributed by atoms with Crippen LogP contribution in [0.3, 0.4) is 0 Å². The Balaban J connectivity index is -0.000000156. The molecule has 130 valence electrons. The molecule has 12 heteroatoms. The van der Waals surface area contributed by atoms with E-state index >= 15 is 0 Å². The van der Waals surface area contributed by atoms with Gasteiger partial charge in [0.15, 0.2) is 0 Å². The summed E-state index contributed by atoms with van der Waals surface area (Å²) in [7, 11) is -4.94. The predicted molar refractivity (Wildman–Crippen MR) is 71.0 cm³/mol. The van der Waals surface area contributed by atoms with E-state index in [2.05, 4.69) is 6.92 Å². The molecule has 0 rings (SSSR count). The van der Waals surface area contributed by atoms with Crippen molar-refractivity contribution in [1.82, 2.24) is 0 Å². The maximum atomic E-state index is 10.2. The first kappa shape index (κ1) is 32.0. The van der Waals surface area contributed by atoms with E-state index in [-0.39, 0.29) is 59.1 Å². The first-order chi connectivity index (χ1) is 10.0.